The SMILES string of the molecule is CCCCCCCCCCCCCCC(=O)N[C@@H]1CN(C(=O)c2ccc(C(=O)N3CC(C(=O)N[C@H]4C[C@@H]4c4ccccc4)[C@H](C(=O)N[C@H]4C[C@@H]4c4ccccc4)C3)cc2)C[C@H]1OC. The third-order valence-electron chi connectivity index (χ3n) is 13.8. The molecule has 2 heterocycles. The number of amides is 5. The number of carbonyl (C=O) groups excluding carboxylic acids is 5. The van der Waals surface area contributed by atoms with Gasteiger partial charge in [-0.2, -0.15) is 0 Å². The van der Waals surface area contributed by atoms with Gasteiger partial charge < -0.3 is 30.5 Å². The normalized spacial score (nSPS) is 24.8. The molecule has 0 aromatic heterocycles. The van der Waals surface area contributed by atoms with E-state index in [1.54, 1.807) is 41.2 Å². The molecular weight excluding hydrogens is 791 g/mol. The van der Waals surface area contributed by atoms with Gasteiger partial charge in [0.05, 0.1) is 24.0 Å². The first-order chi connectivity index (χ1) is 30.7. The first kappa shape index (κ1) is 46.0. The van der Waals surface area contributed by atoms with Gasteiger partial charge in [0, 0.05) is 74.8 Å². The van der Waals surface area contributed by atoms with Crippen molar-refractivity contribution in [2.24, 2.45) is 11.8 Å². The van der Waals surface area contributed by atoms with Gasteiger partial charge in [0.25, 0.3) is 11.8 Å². The second-order valence-electron chi connectivity index (χ2n) is 18.5. The number of hydrogen-bond acceptors (Lipinski definition) is 6. The minimum atomic E-state index is -0.692. The van der Waals surface area contributed by atoms with Crippen molar-refractivity contribution in [2.75, 3.05) is 33.3 Å². The Labute approximate surface area is 374 Å². The zero-order valence-electron chi connectivity index (χ0n) is 37.5. The number of unbranched alkanes of at least 4 members (excludes halogenated alkanes) is 11. The van der Waals surface area contributed by atoms with Gasteiger partial charge in [-0.25, -0.2) is 0 Å². The molecule has 11 heteroatoms. The van der Waals surface area contributed by atoms with E-state index in [0.717, 1.165) is 32.1 Å². The molecule has 2 aliphatic carbocycles. The number of nitrogens with zero attached hydrogens (tertiary/aromatic N) is 2. The van der Waals surface area contributed by atoms with Crippen LogP contribution in [0.4, 0.5) is 0 Å². The first-order valence-electron chi connectivity index (χ1n) is 24.0. The van der Waals surface area contributed by atoms with Crippen LogP contribution in [0.1, 0.15) is 147 Å². The Morgan fingerprint density at radius 2 is 0.952 bits per heavy atom. The lowest BCUT2D eigenvalue weighted by Gasteiger charge is -2.18. The number of rotatable bonds is 23. The quantitative estimate of drug-likeness (QED) is 0.0835. The number of nitrogens with one attached hydrogen (secondary N) is 3. The molecule has 1 unspecified atom stereocenters. The number of likely N-dealkylation sites (tertiary alicyclic amines) is 2. The van der Waals surface area contributed by atoms with E-state index < -0.39 is 11.8 Å². The van der Waals surface area contributed by atoms with E-state index >= 15 is 0 Å². The molecule has 2 saturated heterocycles. The Morgan fingerprint density at radius 3 is 1.40 bits per heavy atom. The Bertz CT molecular complexity index is 1900. The van der Waals surface area contributed by atoms with E-state index in [0.29, 0.717) is 30.6 Å². The molecule has 0 spiro atoms. The molecule has 4 fully saturated rings. The summed E-state index contributed by atoms with van der Waals surface area (Å²) >= 11 is 0. The summed E-state index contributed by atoms with van der Waals surface area (Å²) in [6.45, 7) is 3.18. The summed E-state index contributed by atoms with van der Waals surface area (Å²) in [5.41, 5.74) is 3.16. The van der Waals surface area contributed by atoms with Crippen LogP contribution in [-0.2, 0) is 19.1 Å². The lowest BCUT2D eigenvalue weighted by Crippen LogP contribution is -2.43. The van der Waals surface area contributed by atoms with E-state index in [1.165, 1.54) is 68.9 Å². The maximum Gasteiger partial charge on any atom is 0.254 e. The maximum absolute atomic E-state index is 14.0. The fourth-order valence-corrected chi connectivity index (χ4v) is 9.77. The summed E-state index contributed by atoms with van der Waals surface area (Å²) < 4.78 is 5.70. The molecule has 3 aromatic rings. The van der Waals surface area contributed by atoms with Gasteiger partial charge in [-0.05, 0) is 54.7 Å². The summed E-state index contributed by atoms with van der Waals surface area (Å²) in [6.07, 6.45) is 16.7. The number of methoxy groups -OCH3 is 1. The van der Waals surface area contributed by atoms with Crippen LogP contribution in [0.25, 0.3) is 0 Å². The van der Waals surface area contributed by atoms with Gasteiger partial charge in [-0.15, -0.1) is 0 Å². The molecule has 3 aromatic carbocycles. The van der Waals surface area contributed by atoms with Crippen molar-refractivity contribution in [3.63, 3.8) is 0 Å². The Kier molecular flexibility index (Phi) is 16.5. The third kappa shape index (κ3) is 12.6. The summed E-state index contributed by atoms with van der Waals surface area (Å²) in [6, 6.07) is 26.5. The van der Waals surface area contributed by atoms with Gasteiger partial charge in [0.15, 0.2) is 0 Å². The molecule has 4 aliphatic rings. The average Bonchev–Trinajstić information content (AvgIpc) is 4.16. The van der Waals surface area contributed by atoms with Crippen LogP contribution in [0.5, 0.6) is 0 Å². The number of hydrogen-bond donors (Lipinski definition) is 3. The van der Waals surface area contributed by atoms with Crippen LogP contribution in [0, 0.1) is 11.8 Å². The average molecular weight is 860 g/mol. The van der Waals surface area contributed by atoms with E-state index in [9.17, 15) is 24.0 Å². The van der Waals surface area contributed by atoms with Crippen LogP contribution >= 0.6 is 0 Å². The molecule has 7 rings (SSSR count). The highest BCUT2D eigenvalue weighted by Gasteiger charge is 2.49. The molecule has 63 heavy (non-hydrogen) atoms. The minimum absolute atomic E-state index is 0.00488. The van der Waals surface area contributed by atoms with Crippen LogP contribution in [0.2, 0.25) is 0 Å². The second kappa shape index (κ2) is 22.5. The van der Waals surface area contributed by atoms with Gasteiger partial charge in [0.2, 0.25) is 17.7 Å². The van der Waals surface area contributed by atoms with Crippen LogP contribution in [-0.4, -0.2) is 96.9 Å². The second-order valence-corrected chi connectivity index (χ2v) is 18.5. The number of benzene rings is 3. The van der Waals surface area contributed by atoms with Crippen molar-refractivity contribution in [3.05, 3.63) is 107 Å². The largest absolute Gasteiger partial charge is 0.377 e. The van der Waals surface area contributed by atoms with Crippen molar-refractivity contribution < 1.29 is 28.7 Å². The first-order valence-corrected chi connectivity index (χ1v) is 24.0. The molecule has 11 nitrogen and oxygen atoms in total. The Hall–Kier alpha value is -5.03. The van der Waals surface area contributed by atoms with E-state index in [4.69, 9.17) is 4.74 Å². The zero-order chi connectivity index (χ0) is 44.1. The van der Waals surface area contributed by atoms with Crippen LogP contribution < -0.4 is 16.0 Å². The molecule has 0 radical (unpaired) electrons. The molecule has 0 bridgehead atoms. The van der Waals surface area contributed by atoms with Crippen LogP contribution in [0.3, 0.4) is 0 Å². The van der Waals surface area contributed by atoms with Gasteiger partial charge >= 0.3 is 0 Å². The van der Waals surface area contributed by atoms with Crippen molar-refractivity contribution in [1.29, 1.82) is 0 Å². The van der Waals surface area contributed by atoms with E-state index in [1.807, 2.05) is 36.4 Å². The molecule has 5 amide bonds. The van der Waals surface area contributed by atoms with Crippen molar-refractivity contribution in [3.8, 4) is 0 Å². The highest BCUT2D eigenvalue weighted by atomic mass is 16.5. The number of ether oxygens (including phenoxy) is 1. The van der Waals surface area contributed by atoms with E-state index in [2.05, 4.69) is 47.1 Å². The van der Waals surface area contributed by atoms with Gasteiger partial charge in [-0.3, -0.25) is 24.0 Å². The fraction of sp³-hybridized carbons (Fsp3) is 0.558. The summed E-state index contributed by atoms with van der Waals surface area (Å²) in [5.74, 6) is -1.83. The molecular formula is C52H69N5O6. The summed E-state index contributed by atoms with van der Waals surface area (Å²) in [7, 11) is 1.60. The predicted octanol–water partition coefficient (Wildman–Crippen LogP) is 7.77. The Morgan fingerprint density at radius 1 is 0.524 bits per heavy atom. The lowest BCUT2D eigenvalue weighted by atomic mass is 9.94. The van der Waals surface area contributed by atoms with E-state index in [-0.39, 0.29) is 78.7 Å². The minimum Gasteiger partial charge on any atom is -0.377 e. The molecule has 338 valence electrons. The monoisotopic (exact) mass is 860 g/mol. The highest BCUT2D eigenvalue weighted by molar-refractivity contribution is 5.99. The predicted molar refractivity (Wildman–Crippen MR) is 245 cm³/mol. The molecule has 3 N–H and O–H groups in total. The third-order valence-corrected chi connectivity index (χ3v) is 13.8. The van der Waals surface area contributed by atoms with Crippen molar-refractivity contribution in [1.82, 2.24) is 25.8 Å². The lowest BCUT2D eigenvalue weighted by molar-refractivity contribution is -0.133. The standard InChI is InChI=1S/C52H69N5O6/c1-3-4-5-6-7-8-9-10-11-12-13-20-25-48(58)53-46-34-57(35-47(46)63-2)52(62)39-28-26-38(27-29-39)51(61)56-32-42(49(59)54-44-30-40(44)36-21-16-14-17-22-36)43(33-56)50(60)55-45-31-41(45)37-23-18-15-19-24-37/h14-19,21-24,26-29,40-47H,3-13,20,25,30-35H2,1-2H3,(H,53,58)(H,54,59)(H,55,60)/t40-,41-,42-,43?,44+,45+,46-,47-/m1/s1. The van der Waals surface area contributed by atoms with Crippen LogP contribution in [0.15, 0.2) is 84.9 Å². The smallest absolute Gasteiger partial charge is 0.254 e. The number of carbonyl (C=O) groups is 5. The Balaban J connectivity index is 0.886. The van der Waals surface area contributed by atoms with Crippen molar-refractivity contribution >= 4 is 29.5 Å². The molecule has 2 aliphatic heterocycles. The summed E-state index contributed by atoms with van der Waals surface area (Å²) in [5, 5.41) is 9.50. The van der Waals surface area contributed by atoms with Crippen molar-refractivity contribution in [2.45, 2.75) is 139 Å². The topological polar surface area (TPSA) is 137 Å². The maximum atomic E-state index is 14.0. The highest BCUT2D eigenvalue weighted by Crippen LogP contribution is 2.42. The fourth-order valence-electron chi connectivity index (χ4n) is 9.77. The zero-order valence-corrected chi connectivity index (χ0v) is 37.5. The molecule has 2 saturated carbocycles. The molecule has 8 atom stereocenters. The van der Waals surface area contributed by atoms with Gasteiger partial charge in [-0.1, -0.05) is 138 Å². The van der Waals surface area contributed by atoms with Gasteiger partial charge in [0.1, 0.15) is 0 Å². The summed E-state index contributed by atoms with van der Waals surface area (Å²) in [4.78, 5) is 71.7.